The van der Waals surface area contributed by atoms with Gasteiger partial charge in [-0.3, -0.25) is 9.78 Å². The van der Waals surface area contributed by atoms with E-state index in [0.717, 1.165) is 60.0 Å². The Hall–Kier alpha value is -1.98. The minimum absolute atomic E-state index is 0.144. The molecule has 0 spiro atoms. The van der Waals surface area contributed by atoms with Crippen LogP contribution in [0.25, 0.3) is 10.9 Å². The summed E-state index contributed by atoms with van der Waals surface area (Å²) in [7, 11) is 1.70. The van der Waals surface area contributed by atoms with Crippen molar-refractivity contribution in [3.05, 3.63) is 36.5 Å². The molecule has 0 radical (unpaired) electrons. The van der Waals surface area contributed by atoms with Gasteiger partial charge in [0.1, 0.15) is 0 Å². The Morgan fingerprint density at radius 3 is 2.81 bits per heavy atom. The number of aromatic nitrogens is 1. The highest BCUT2D eigenvalue weighted by Crippen LogP contribution is 2.64. The maximum Gasteiger partial charge on any atom is 0.155 e. The molecule has 2 aromatic rings. The zero-order valence-corrected chi connectivity index (χ0v) is 21.9. The number of anilines is 1. The van der Waals surface area contributed by atoms with Crippen LogP contribution in [0.1, 0.15) is 64.7 Å². The molecule has 1 aromatic carbocycles. The lowest BCUT2D eigenvalue weighted by atomic mass is 9.49. The van der Waals surface area contributed by atoms with E-state index in [9.17, 15) is 9.90 Å². The summed E-state index contributed by atoms with van der Waals surface area (Å²) in [6.07, 6.45) is 12.0. The van der Waals surface area contributed by atoms with Crippen molar-refractivity contribution in [2.75, 3.05) is 25.6 Å². The van der Waals surface area contributed by atoms with Crippen molar-refractivity contribution in [1.82, 2.24) is 4.98 Å². The molecule has 4 fully saturated rings. The van der Waals surface area contributed by atoms with Crippen LogP contribution in [0.2, 0.25) is 0 Å². The Morgan fingerprint density at radius 1 is 1.08 bits per heavy atom. The van der Waals surface area contributed by atoms with Crippen molar-refractivity contribution in [2.24, 2.45) is 40.9 Å². The Morgan fingerprint density at radius 2 is 1.94 bits per heavy atom. The van der Waals surface area contributed by atoms with E-state index in [-0.39, 0.29) is 11.3 Å². The molecule has 5 heteroatoms. The number of carbonyl (C=O) groups excluding carboxylic acids is 1. The van der Waals surface area contributed by atoms with E-state index >= 15 is 0 Å². The van der Waals surface area contributed by atoms with E-state index in [1.54, 1.807) is 7.11 Å². The third-order valence-corrected chi connectivity index (χ3v) is 11.0. The maximum atomic E-state index is 13.5. The lowest BCUT2D eigenvalue weighted by Gasteiger charge is -2.57. The van der Waals surface area contributed by atoms with Gasteiger partial charge in [-0.05, 0) is 117 Å². The SMILES string of the molecule is COC[C@@]1(O)CC[C@@H]2C3CC[C@@]4(C)C(CC[C@@H]4C(=O)CNc4ccc5ncccc5c4)C3CC[C@H]2C1. The number of ketones is 1. The molecule has 2 N–H and O–H groups in total. The zero-order valence-electron chi connectivity index (χ0n) is 21.9. The number of benzene rings is 1. The molecule has 1 aromatic heterocycles. The number of hydrogen-bond donors (Lipinski definition) is 2. The van der Waals surface area contributed by atoms with Crippen molar-refractivity contribution in [2.45, 2.75) is 70.3 Å². The molecule has 194 valence electrons. The maximum absolute atomic E-state index is 13.5. The van der Waals surface area contributed by atoms with Crippen molar-refractivity contribution in [3.8, 4) is 0 Å². The topological polar surface area (TPSA) is 71.5 Å². The fourth-order valence-corrected chi connectivity index (χ4v) is 9.39. The summed E-state index contributed by atoms with van der Waals surface area (Å²) >= 11 is 0. The molecule has 36 heavy (non-hydrogen) atoms. The third kappa shape index (κ3) is 4.16. The summed E-state index contributed by atoms with van der Waals surface area (Å²) in [6.45, 7) is 3.32. The summed E-state index contributed by atoms with van der Waals surface area (Å²) in [6, 6.07) is 10.2. The third-order valence-electron chi connectivity index (χ3n) is 11.0. The number of pyridine rings is 1. The van der Waals surface area contributed by atoms with Gasteiger partial charge in [0.15, 0.2) is 5.78 Å². The second kappa shape index (κ2) is 9.40. The molecule has 4 aliphatic carbocycles. The molecule has 1 heterocycles. The van der Waals surface area contributed by atoms with Crippen LogP contribution in [0.15, 0.2) is 36.5 Å². The number of Topliss-reactive ketones (excluding diaryl/α,β-unsaturated/α-hetero) is 1. The Labute approximate surface area is 215 Å². The highest BCUT2D eigenvalue weighted by Gasteiger charge is 2.58. The summed E-state index contributed by atoms with van der Waals surface area (Å²) in [4.78, 5) is 17.9. The molecule has 4 aliphatic rings. The smallest absolute Gasteiger partial charge is 0.155 e. The van der Waals surface area contributed by atoms with E-state index in [1.165, 1.54) is 32.1 Å². The average molecular weight is 491 g/mol. The number of rotatable bonds is 6. The van der Waals surface area contributed by atoms with Gasteiger partial charge in [0.2, 0.25) is 0 Å². The van der Waals surface area contributed by atoms with Crippen molar-refractivity contribution in [1.29, 1.82) is 0 Å². The monoisotopic (exact) mass is 490 g/mol. The first-order valence-electron chi connectivity index (χ1n) is 14.2. The van der Waals surface area contributed by atoms with Gasteiger partial charge in [0.25, 0.3) is 0 Å². The number of methoxy groups -OCH3 is 1. The Bertz CT molecular complexity index is 1120. The average Bonchev–Trinajstić information content (AvgIpc) is 3.24. The molecular formula is C31H42N2O3. The van der Waals surface area contributed by atoms with Crippen molar-refractivity contribution >= 4 is 22.4 Å². The van der Waals surface area contributed by atoms with Gasteiger partial charge in [0.05, 0.1) is 24.3 Å². The van der Waals surface area contributed by atoms with Gasteiger partial charge in [-0.15, -0.1) is 0 Å². The quantitative estimate of drug-likeness (QED) is 0.531. The van der Waals surface area contributed by atoms with Gasteiger partial charge in [-0.1, -0.05) is 13.0 Å². The van der Waals surface area contributed by atoms with Gasteiger partial charge in [-0.25, -0.2) is 0 Å². The summed E-state index contributed by atoms with van der Waals surface area (Å²) < 4.78 is 5.35. The van der Waals surface area contributed by atoms with Crippen LogP contribution in [-0.2, 0) is 9.53 Å². The van der Waals surface area contributed by atoms with Crippen molar-refractivity contribution in [3.63, 3.8) is 0 Å². The number of aliphatic hydroxyl groups is 1. The fourth-order valence-electron chi connectivity index (χ4n) is 9.39. The molecule has 6 rings (SSSR count). The molecule has 0 bridgehead atoms. The number of ether oxygens (including phenoxy) is 1. The van der Waals surface area contributed by atoms with Crippen molar-refractivity contribution < 1.29 is 14.6 Å². The van der Waals surface area contributed by atoms with Gasteiger partial charge in [0, 0.05) is 30.3 Å². The Balaban J connectivity index is 1.11. The van der Waals surface area contributed by atoms with Crippen LogP contribution in [0.5, 0.6) is 0 Å². The first-order chi connectivity index (χ1) is 17.4. The predicted molar refractivity (Wildman–Crippen MR) is 143 cm³/mol. The number of carbonyl (C=O) groups is 1. The molecule has 0 aliphatic heterocycles. The highest BCUT2D eigenvalue weighted by molar-refractivity contribution is 5.87. The fraction of sp³-hybridized carbons (Fsp3) is 0.677. The minimum atomic E-state index is -0.620. The van der Waals surface area contributed by atoms with Gasteiger partial charge in [-0.2, -0.15) is 0 Å². The second-order valence-electron chi connectivity index (χ2n) is 12.7. The molecule has 3 unspecified atom stereocenters. The molecule has 4 saturated carbocycles. The predicted octanol–water partition coefficient (Wildman–Crippen LogP) is 5.86. The summed E-state index contributed by atoms with van der Waals surface area (Å²) in [5.74, 6) is 4.19. The van der Waals surface area contributed by atoms with E-state index in [1.807, 2.05) is 24.4 Å². The minimum Gasteiger partial charge on any atom is -0.387 e. The van der Waals surface area contributed by atoms with Crippen LogP contribution >= 0.6 is 0 Å². The number of fused-ring (bicyclic) bond motifs is 6. The molecule has 0 amide bonds. The normalized spacial score (nSPS) is 39.8. The standard InChI is InChI=1S/C31H42N2O3/c1-30-13-11-24-23-12-14-31(35,19-36-2)17-21(23)5-7-25(24)26(30)8-9-27(30)29(34)18-33-22-6-10-28-20(16-22)4-3-15-32-28/h3-4,6,10,15-16,21,23-27,33,35H,5,7-9,11-14,17-19H2,1-2H3/t21-,23-,24?,25?,26?,27+,30-,31+/m0/s1. The summed E-state index contributed by atoms with van der Waals surface area (Å²) in [5, 5.41) is 15.5. The molecule has 5 nitrogen and oxygen atoms in total. The molecule has 8 atom stereocenters. The number of nitrogens with one attached hydrogen (secondary N) is 1. The van der Waals surface area contributed by atoms with E-state index in [4.69, 9.17) is 4.74 Å². The van der Waals surface area contributed by atoms with E-state index < -0.39 is 5.60 Å². The highest BCUT2D eigenvalue weighted by atomic mass is 16.5. The molecule has 0 saturated heterocycles. The Kier molecular flexibility index (Phi) is 6.36. The first kappa shape index (κ1) is 24.4. The van der Waals surface area contributed by atoms with Crippen LogP contribution in [-0.4, -0.2) is 41.7 Å². The van der Waals surface area contributed by atoms with Crippen LogP contribution in [0.4, 0.5) is 5.69 Å². The lowest BCUT2D eigenvalue weighted by Crippen LogP contribution is -2.52. The largest absolute Gasteiger partial charge is 0.387 e. The van der Waals surface area contributed by atoms with E-state index in [0.29, 0.717) is 30.8 Å². The zero-order chi connectivity index (χ0) is 24.9. The summed E-state index contributed by atoms with van der Waals surface area (Å²) in [5.41, 5.74) is 1.50. The second-order valence-corrected chi connectivity index (χ2v) is 12.7. The van der Waals surface area contributed by atoms with Crippen LogP contribution in [0, 0.1) is 40.9 Å². The van der Waals surface area contributed by atoms with E-state index in [2.05, 4.69) is 29.4 Å². The number of hydrogen-bond acceptors (Lipinski definition) is 5. The lowest BCUT2D eigenvalue weighted by molar-refractivity contribution is -0.135. The molecular weight excluding hydrogens is 448 g/mol. The number of nitrogens with zero attached hydrogens (tertiary/aromatic N) is 1. The first-order valence-corrected chi connectivity index (χ1v) is 14.2. The van der Waals surface area contributed by atoms with Gasteiger partial charge >= 0.3 is 0 Å². The van der Waals surface area contributed by atoms with Gasteiger partial charge < -0.3 is 15.2 Å². The van der Waals surface area contributed by atoms with Crippen LogP contribution < -0.4 is 5.32 Å². The van der Waals surface area contributed by atoms with Crippen LogP contribution in [0.3, 0.4) is 0 Å².